The normalized spacial score (nSPS) is 11.1. The minimum absolute atomic E-state index is 0.107. The largest absolute Gasteiger partial charge is 0.462 e. The number of benzene rings is 1. The number of aromatic nitrogens is 4. The lowest BCUT2D eigenvalue weighted by molar-refractivity contribution is 0.0495. The third-order valence-electron chi connectivity index (χ3n) is 5.19. The van der Waals surface area contributed by atoms with E-state index in [2.05, 4.69) is 23.7 Å². The fraction of sp³-hybridized carbons (Fsp3) is 0.429. The van der Waals surface area contributed by atoms with Crippen LogP contribution in [0.4, 0.5) is 5.69 Å². The lowest BCUT2D eigenvalue weighted by atomic mass is 10.2. The topological polar surface area (TPSA) is 91.4 Å². The molecule has 0 saturated heterocycles. The number of fused-ring (bicyclic) bond motifs is 1. The number of aryl methyl sites for hydroxylation is 2. The minimum atomic E-state index is -0.440. The highest BCUT2D eigenvalue weighted by molar-refractivity contribution is 5.89. The Balaban J connectivity index is 1.63. The van der Waals surface area contributed by atoms with Gasteiger partial charge in [-0.1, -0.05) is 0 Å². The number of hydrogen-bond donors (Lipinski definition) is 0. The predicted octanol–water partition coefficient (Wildman–Crippen LogP) is 1.53. The summed E-state index contributed by atoms with van der Waals surface area (Å²) in [5.41, 5.74) is 1.40. The maximum absolute atomic E-state index is 12.6. The molecule has 3 rings (SSSR count). The summed E-state index contributed by atoms with van der Waals surface area (Å²) in [6.45, 7) is 6.21. The van der Waals surface area contributed by atoms with Crippen molar-refractivity contribution in [1.82, 2.24) is 18.7 Å². The van der Waals surface area contributed by atoms with Gasteiger partial charge in [-0.2, -0.15) is 0 Å². The van der Waals surface area contributed by atoms with Gasteiger partial charge in [-0.05, 0) is 44.5 Å². The van der Waals surface area contributed by atoms with E-state index in [0.29, 0.717) is 23.1 Å². The Bertz CT molecular complexity index is 1150. The van der Waals surface area contributed by atoms with Crippen molar-refractivity contribution in [3.05, 3.63) is 57.0 Å². The summed E-state index contributed by atoms with van der Waals surface area (Å²) in [7, 11) is 3.29. The number of esters is 1. The van der Waals surface area contributed by atoms with Crippen molar-refractivity contribution in [2.45, 2.75) is 26.8 Å². The number of imidazole rings is 1. The quantitative estimate of drug-likeness (QED) is 0.411. The Hall–Kier alpha value is -3.36. The van der Waals surface area contributed by atoms with Crippen LogP contribution < -0.4 is 16.1 Å². The van der Waals surface area contributed by atoms with Gasteiger partial charge in [0.1, 0.15) is 0 Å². The molecule has 0 spiro atoms. The van der Waals surface area contributed by atoms with Crippen molar-refractivity contribution in [2.24, 2.45) is 14.1 Å². The molecule has 0 radical (unpaired) electrons. The molecule has 30 heavy (non-hydrogen) atoms. The van der Waals surface area contributed by atoms with Crippen molar-refractivity contribution < 1.29 is 9.53 Å². The van der Waals surface area contributed by atoms with Gasteiger partial charge in [-0.15, -0.1) is 0 Å². The van der Waals surface area contributed by atoms with Gasteiger partial charge in [-0.25, -0.2) is 14.6 Å². The monoisotopic (exact) mass is 413 g/mol. The second-order valence-corrected chi connectivity index (χ2v) is 7.03. The van der Waals surface area contributed by atoms with E-state index in [0.717, 1.165) is 23.3 Å². The molecule has 0 aliphatic heterocycles. The average molecular weight is 413 g/mol. The number of ether oxygens (including phenoxy) is 1. The van der Waals surface area contributed by atoms with Gasteiger partial charge in [0.15, 0.2) is 11.2 Å². The fourth-order valence-corrected chi connectivity index (χ4v) is 3.46. The first-order valence-corrected chi connectivity index (χ1v) is 10.0. The number of rotatable bonds is 8. The van der Waals surface area contributed by atoms with Crippen LogP contribution in [0.25, 0.3) is 11.2 Å². The Morgan fingerprint density at radius 1 is 1.10 bits per heavy atom. The number of carbonyl (C=O) groups excluding carboxylic acids is 1. The van der Waals surface area contributed by atoms with E-state index in [-0.39, 0.29) is 13.2 Å². The molecule has 0 saturated carbocycles. The van der Waals surface area contributed by atoms with E-state index in [1.165, 1.54) is 10.9 Å². The second kappa shape index (κ2) is 8.98. The van der Waals surface area contributed by atoms with Gasteiger partial charge >= 0.3 is 11.7 Å². The van der Waals surface area contributed by atoms with Crippen LogP contribution in [0.15, 0.2) is 40.2 Å². The summed E-state index contributed by atoms with van der Waals surface area (Å²) in [6, 6.07) is 7.28. The van der Waals surface area contributed by atoms with E-state index in [1.54, 1.807) is 30.8 Å². The average Bonchev–Trinajstić information content (AvgIpc) is 3.14. The van der Waals surface area contributed by atoms with Crippen LogP contribution in [0.1, 0.15) is 30.6 Å². The summed E-state index contributed by atoms with van der Waals surface area (Å²) in [5, 5.41) is 0. The summed E-state index contributed by atoms with van der Waals surface area (Å²) in [4.78, 5) is 43.7. The number of nitrogens with zero attached hydrogens (tertiary/aromatic N) is 5. The molecule has 160 valence electrons. The van der Waals surface area contributed by atoms with E-state index < -0.39 is 17.2 Å². The number of anilines is 1. The molecular weight excluding hydrogens is 386 g/mol. The SMILES string of the molecule is CCN(CC)c1ccc(C(=O)OCCCn2c(=O)c3c(ncn3C)n(C)c2=O)cc1. The van der Waals surface area contributed by atoms with E-state index in [9.17, 15) is 14.4 Å². The highest BCUT2D eigenvalue weighted by Gasteiger charge is 2.15. The summed E-state index contributed by atoms with van der Waals surface area (Å²) in [5.74, 6) is -0.427. The molecule has 1 aromatic carbocycles. The molecule has 9 heteroatoms. The summed E-state index contributed by atoms with van der Waals surface area (Å²) in [6.07, 6.45) is 1.85. The first kappa shape index (κ1) is 21.4. The first-order valence-electron chi connectivity index (χ1n) is 10.0. The molecule has 0 bridgehead atoms. The van der Waals surface area contributed by atoms with Gasteiger partial charge < -0.3 is 14.2 Å². The lowest BCUT2D eigenvalue weighted by Crippen LogP contribution is -2.39. The zero-order valence-corrected chi connectivity index (χ0v) is 17.8. The zero-order chi connectivity index (χ0) is 21.8. The molecule has 3 aromatic rings. The lowest BCUT2D eigenvalue weighted by Gasteiger charge is -2.20. The molecule has 0 aliphatic carbocycles. The van der Waals surface area contributed by atoms with Crippen molar-refractivity contribution in [1.29, 1.82) is 0 Å². The minimum Gasteiger partial charge on any atom is -0.462 e. The Kier molecular flexibility index (Phi) is 6.39. The second-order valence-electron chi connectivity index (χ2n) is 7.03. The molecule has 0 fully saturated rings. The van der Waals surface area contributed by atoms with Crippen LogP contribution in [0, 0.1) is 0 Å². The molecule has 0 amide bonds. The van der Waals surface area contributed by atoms with Crippen LogP contribution in [-0.2, 0) is 25.4 Å². The van der Waals surface area contributed by atoms with Gasteiger partial charge in [0.05, 0.1) is 18.5 Å². The summed E-state index contributed by atoms with van der Waals surface area (Å²) >= 11 is 0. The maximum Gasteiger partial charge on any atom is 0.338 e. The highest BCUT2D eigenvalue weighted by Crippen LogP contribution is 2.15. The molecular formula is C21H27N5O4. The van der Waals surface area contributed by atoms with E-state index >= 15 is 0 Å². The van der Waals surface area contributed by atoms with Gasteiger partial charge in [0, 0.05) is 39.4 Å². The number of hydrogen-bond acceptors (Lipinski definition) is 6. The molecule has 0 N–H and O–H groups in total. The Labute approximate surface area is 174 Å². The van der Waals surface area contributed by atoms with Gasteiger partial charge in [0.25, 0.3) is 5.56 Å². The maximum atomic E-state index is 12.6. The number of carbonyl (C=O) groups is 1. The molecule has 2 aromatic heterocycles. The van der Waals surface area contributed by atoms with Gasteiger partial charge in [-0.3, -0.25) is 13.9 Å². The Morgan fingerprint density at radius 3 is 2.40 bits per heavy atom. The van der Waals surface area contributed by atoms with Crippen molar-refractivity contribution in [3.63, 3.8) is 0 Å². The van der Waals surface area contributed by atoms with E-state index in [1.807, 2.05) is 12.1 Å². The molecule has 0 atom stereocenters. The third kappa shape index (κ3) is 4.00. The smallest absolute Gasteiger partial charge is 0.338 e. The predicted molar refractivity (Wildman–Crippen MR) is 115 cm³/mol. The molecule has 0 aliphatic rings. The Morgan fingerprint density at radius 2 is 1.77 bits per heavy atom. The van der Waals surface area contributed by atoms with Crippen LogP contribution in [0.3, 0.4) is 0 Å². The molecule has 9 nitrogen and oxygen atoms in total. The molecule has 2 heterocycles. The van der Waals surface area contributed by atoms with Crippen LogP contribution >= 0.6 is 0 Å². The van der Waals surface area contributed by atoms with Crippen LogP contribution in [0.5, 0.6) is 0 Å². The standard InChI is InChI=1S/C21H27N5O4/c1-5-25(6-2)16-10-8-15(9-11-16)20(28)30-13-7-12-26-19(27)17-18(22-14-23(17)3)24(4)21(26)29/h8-11,14H,5-7,12-13H2,1-4H3. The van der Waals surface area contributed by atoms with Crippen LogP contribution in [-0.4, -0.2) is 44.4 Å². The van der Waals surface area contributed by atoms with Crippen molar-refractivity contribution in [2.75, 3.05) is 24.6 Å². The molecule has 0 unspecified atom stereocenters. The van der Waals surface area contributed by atoms with Crippen molar-refractivity contribution >= 4 is 22.8 Å². The fourth-order valence-electron chi connectivity index (χ4n) is 3.46. The first-order chi connectivity index (χ1) is 14.4. The third-order valence-corrected chi connectivity index (χ3v) is 5.19. The van der Waals surface area contributed by atoms with E-state index in [4.69, 9.17) is 4.74 Å². The van der Waals surface area contributed by atoms with Crippen molar-refractivity contribution in [3.8, 4) is 0 Å². The zero-order valence-electron chi connectivity index (χ0n) is 17.8. The highest BCUT2D eigenvalue weighted by atomic mass is 16.5. The van der Waals surface area contributed by atoms with Gasteiger partial charge in [0.2, 0.25) is 0 Å². The van der Waals surface area contributed by atoms with Crippen LogP contribution in [0.2, 0.25) is 0 Å². The summed E-state index contributed by atoms with van der Waals surface area (Å²) < 4.78 is 9.40.